The molecule has 3 aromatic rings. The fourth-order valence-corrected chi connectivity index (χ4v) is 4.71. The fourth-order valence-electron chi connectivity index (χ4n) is 2.90. The Morgan fingerprint density at radius 1 is 1.14 bits per heavy atom. The number of nitrogens with one attached hydrogen (secondary N) is 1. The van der Waals surface area contributed by atoms with Gasteiger partial charge >= 0.3 is 10.2 Å². The molecular weight excluding hydrogens is 398 g/mol. The van der Waals surface area contributed by atoms with Crippen molar-refractivity contribution in [1.29, 1.82) is 0 Å². The van der Waals surface area contributed by atoms with Gasteiger partial charge in [-0.05, 0) is 23.3 Å². The summed E-state index contributed by atoms with van der Waals surface area (Å²) in [5.74, 6) is -0.168. The normalized spacial score (nSPS) is 15.4. The summed E-state index contributed by atoms with van der Waals surface area (Å²) < 4.78 is 33.5. The van der Waals surface area contributed by atoms with Crippen molar-refractivity contribution >= 4 is 33.1 Å². The van der Waals surface area contributed by atoms with Gasteiger partial charge < -0.3 is 4.74 Å². The maximum Gasteiger partial charge on any atom is 0.326 e. The topological polar surface area (TPSA) is 88.6 Å². The molecule has 0 radical (unpaired) electrons. The van der Waals surface area contributed by atoms with E-state index in [-0.39, 0.29) is 13.2 Å². The number of amides is 1. The minimum atomic E-state index is -3.91. The third-order valence-corrected chi connectivity index (χ3v) is 6.36. The van der Waals surface area contributed by atoms with Gasteiger partial charge in [-0.15, -0.1) is 11.3 Å². The van der Waals surface area contributed by atoms with Crippen molar-refractivity contribution in [1.82, 2.24) is 9.71 Å². The Morgan fingerprint density at radius 2 is 1.96 bits per heavy atom. The highest BCUT2D eigenvalue weighted by atomic mass is 32.2. The average Bonchev–Trinajstić information content (AvgIpc) is 3.27. The smallest absolute Gasteiger partial charge is 0.326 e. The molecule has 0 unspecified atom stereocenters. The largest absolute Gasteiger partial charge is 0.487 e. The van der Waals surface area contributed by atoms with Crippen LogP contribution in [0.4, 0.5) is 5.69 Å². The van der Waals surface area contributed by atoms with E-state index in [1.807, 2.05) is 46.5 Å². The molecule has 1 aliphatic heterocycles. The summed E-state index contributed by atoms with van der Waals surface area (Å²) in [5, 5.41) is 2.86. The predicted molar refractivity (Wildman–Crippen MR) is 107 cm³/mol. The Bertz CT molecular complexity index is 1080. The van der Waals surface area contributed by atoms with Gasteiger partial charge in [-0.1, -0.05) is 36.4 Å². The molecule has 144 valence electrons. The first-order valence-electron chi connectivity index (χ1n) is 8.52. The number of thiazole rings is 1. The van der Waals surface area contributed by atoms with Gasteiger partial charge in [0.05, 0.1) is 10.7 Å². The Morgan fingerprint density at radius 3 is 2.64 bits per heavy atom. The summed E-state index contributed by atoms with van der Waals surface area (Å²) in [4.78, 5) is 15.9. The van der Waals surface area contributed by atoms with Crippen molar-refractivity contribution in [3.05, 3.63) is 76.2 Å². The minimum Gasteiger partial charge on any atom is -0.487 e. The number of carbonyl (C=O) groups is 1. The molecule has 0 aliphatic carbocycles. The summed E-state index contributed by atoms with van der Waals surface area (Å²) in [5.41, 5.74) is 2.23. The summed E-state index contributed by atoms with van der Waals surface area (Å²) >= 11 is 1.55. The number of hydrogen-bond acceptors (Lipinski definition) is 6. The number of carbonyl (C=O) groups excluding carboxylic acids is 1. The third kappa shape index (κ3) is 4.00. The van der Waals surface area contributed by atoms with Crippen LogP contribution in [0.5, 0.6) is 5.75 Å². The van der Waals surface area contributed by atoms with Gasteiger partial charge in [0.2, 0.25) is 0 Å². The van der Waals surface area contributed by atoms with Gasteiger partial charge in [0.25, 0.3) is 5.91 Å². The minimum absolute atomic E-state index is 0.268. The number of benzene rings is 2. The molecular formula is C19H17N3O4S2. The number of hydrogen-bond donors (Lipinski definition) is 1. The highest BCUT2D eigenvalue weighted by Crippen LogP contribution is 2.34. The molecule has 1 amide bonds. The molecule has 2 aromatic carbocycles. The second-order valence-electron chi connectivity index (χ2n) is 6.22. The third-order valence-electron chi connectivity index (χ3n) is 4.19. The van der Waals surface area contributed by atoms with Crippen LogP contribution < -0.4 is 13.8 Å². The molecule has 7 nitrogen and oxygen atoms in total. The molecule has 1 fully saturated rings. The van der Waals surface area contributed by atoms with Crippen LogP contribution in [0.25, 0.3) is 0 Å². The van der Waals surface area contributed by atoms with Crippen molar-refractivity contribution in [3.63, 3.8) is 0 Å². The number of rotatable bonds is 6. The van der Waals surface area contributed by atoms with Gasteiger partial charge in [-0.2, -0.15) is 8.42 Å². The molecule has 0 spiro atoms. The molecule has 1 aliphatic rings. The van der Waals surface area contributed by atoms with E-state index in [1.54, 1.807) is 29.7 Å². The van der Waals surface area contributed by atoms with Crippen molar-refractivity contribution in [3.8, 4) is 5.75 Å². The Labute approximate surface area is 166 Å². The molecule has 0 saturated carbocycles. The van der Waals surface area contributed by atoms with Gasteiger partial charge in [0.1, 0.15) is 18.9 Å². The molecule has 0 atom stereocenters. The summed E-state index contributed by atoms with van der Waals surface area (Å²) in [7, 11) is -3.91. The van der Waals surface area contributed by atoms with E-state index in [4.69, 9.17) is 4.74 Å². The van der Waals surface area contributed by atoms with Crippen molar-refractivity contribution < 1.29 is 17.9 Å². The number of nitrogens with zero attached hydrogens (tertiary/aromatic N) is 2. The van der Waals surface area contributed by atoms with Gasteiger partial charge in [-0.3, -0.25) is 4.79 Å². The van der Waals surface area contributed by atoms with Crippen LogP contribution >= 0.6 is 11.3 Å². The van der Waals surface area contributed by atoms with E-state index in [9.17, 15) is 13.2 Å². The van der Waals surface area contributed by atoms with Crippen LogP contribution in [-0.2, 0) is 28.0 Å². The average molecular weight is 415 g/mol. The first-order valence-corrected chi connectivity index (χ1v) is 10.8. The van der Waals surface area contributed by atoms with E-state index < -0.39 is 16.1 Å². The van der Waals surface area contributed by atoms with Gasteiger partial charge in [-0.25, -0.2) is 14.0 Å². The fraction of sp³-hybridized carbons (Fsp3) is 0.158. The lowest BCUT2D eigenvalue weighted by Gasteiger charge is -2.20. The van der Waals surface area contributed by atoms with Crippen LogP contribution in [0, 0.1) is 0 Å². The Balaban J connectivity index is 1.66. The molecule has 4 rings (SSSR count). The molecule has 1 N–H and O–H groups in total. The van der Waals surface area contributed by atoms with Crippen LogP contribution in [0.3, 0.4) is 0 Å². The Hall–Kier alpha value is -2.91. The first kappa shape index (κ1) is 18.5. The zero-order valence-electron chi connectivity index (χ0n) is 14.7. The van der Waals surface area contributed by atoms with E-state index in [0.29, 0.717) is 17.9 Å². The molecule has 2 heterocycles. The maximum atomic E-state index is 12.3. The lowest BCUT2D eigenvalue weighted by molar-refractivity contribution is -0.117. The van der Waals surface area contributed by atoms with E-state index >= 15 is 0 Å². The monoisotopic (exact) mass is 415 g/mol. The lowest BCUT2D eigenvalue weighted by Crippen LogP contribution is -2.29. The van der Waals surface area contributed by atoms with Crippen LogP contribution in [0.1, 0.15) is 16.1 Å². The second-order valence-corrected chi connectivity index (χ2v) is 8.79. The van der Waals surface area contributed by atoms with Crippen LogP contribution in [0.15, 0.2) is 60.1 Å². The summed E-state index contributed by atoms with van der Waals surface area (Å²) in [6.07, 6.45) is 2.36. The number of ether oxygens (including phenoxy) is 1. The zero-order chi connectivity index (χ0) is 19.6. The molecule has 9 heteroatoms. The summed E-state index contributed by atoms with van der Waals surface area (Å²) in [6, 6.07) is 14.9. The highest BCUT2D eigenvalue weighted by Gasteiger charge is 2.35. The quantitative estimate of drug-likeness (QED) is 0.668. The van der Waals surface area contributed by atoms with Crippen LogP contribution in [-0.4, -0.2) is 25.9 Å². The van der Waals surface area contributed by atoms with E-state index in [1.165, 1.54) is 0 Å². The number of anilines is 1. The van der Waals surface area contributed by atoms with E-state index in [0.717, 1.165) is 20.4 Å². The van der Waals surface area contributed by atoms with Gasteiger partial charge in [0, 0.05) is 18.0 Å². The van der Waals surface area contributed by atoms with Crippen molar-refractivity contribution in [2.75, 3.05) is 10.8 Å². The standard InChI is InChI=1S/C19H17N3O4S2/c23-18-12-22(28(24,25)21-18)16-7-6-15(11-19-20-8-9-27-19)10-17(16)26-13-14-4-2-1-3-5-14/h1-10H,11-13H2,(H,21,23). The highest BCUT2D eigenvalue weighted by molar-refractivity contribution is 7.92. The Kier molecular flexibility index (Phi) is 5.01. The van der Waals surface area contributed by atoms with Crippen LogP contribution in [0.2, 0.25) is 0 Å². The molecule has 1 saturated heterocycles. The SMILES string of the molecule is O=C1CN(c2ccc(Cc3nccs3)cc2OCc2ccccc2)S(=O)(=O)N1. The van der Waals surface area contributed by atoms with Gasteiger partial charge in [0.15, 0.2) is 0 Å². The van der Waals surface area contributed by atoms with E-state index in [2.05, 4.69) is 4.98 Å². The first-order chi connectivity index (χ1) is 13.5. The van der Waals surface area contributed by atoms with Crippen molar-refractivity contribution in [2.45, 2.75) is 13.0 Å². The predicted octanol–water partition coefficient (Wildman–Crippen LogP) is 2.49. The zero-order valence-corrected chi connectivity index (χ0v) is 16.4. The molecule has 0 bridgehead atoms. The number of aromatic nitrogens is 1. The maximum absolute atomic E-state index is 12.3. The molecule has 28 heavy (non-hydrogen) atoms. The molecule has 1 aromatic heterocycles. The second kappa shape index (κ2) is 7.61. The summed E-state index contributed by atoms with van der Waals surface area (Å²) in [6.45, 7) is 0.0136. The van der Waals surface area contributed by atoms with Crippen molar-refractivity contribution in [2.24, 2.45) is 0 Å². The lowest BCUT2D eigenvalue weighted by atomic mass is 10.1.